The van der Waals surface area contributed by atoms with Gasteiger partial charge in [0.15, 0.2) is 0 Å². The van der Waals surface area contributed by atoms with Gasteiger partial charge in [0.25, 0.3) is 0 Å². The van der Waals surface area contributed by atoms with Gasteiger partial charge in [0.1, 0.15) is 5.82 Å². The number of carbonyl (C=O) groups is 1. The summed E-state index contributed by atoms with van der Waals surface area (Å²) in [5, 5.41) is 8.12. The fraction of sp³-hybridized carbons (Fsp3) is 0.333. The molecule has 0 radical (unpaired) electrons. The highest BCUT2D eigenvalue weighted by Crippen LogP contribution is 2.19. The van der Waals surface area contributed by atoms with Gasteiger partial charge in [0, 0.05) is 17.1 Å². The molecule has 0 saturated carbocycles. The van der Waals surface area contributed by atoms with E-state index in [0.29, 0.717) is 0 Å². The van der Waals surface area contributed by atoms with E-state index < -0.39 is 0 Å². The van der Waals surface area contributed by atoms with Crippen LogP contribution in [0.4, 0.5) is 5.82 Å². The molecule has 100 valence electrons. The monoisotopic (exact) mass is 257 g/mol. The van der Waals surface area contributed by atoms with Crippen LogP contribution in [0.5, 0.6) is 0 Å². The number of hydrogen-bond acceptors (Lipinski definition) is 3. The predicted octanol–water partition coefficient (Wildman–Crippen LogP) is 2.56. The van der Waals surface area contributed by atoms with Gasteiger partial charge in [-0.2, -0.15) is 0 Å². The molecule has 0 spiro atoms. The molecule has 2 N–H and O–H groups in total. The molecule has 4 heteroatoms. The minimum absolute atomic E-state index is 0.0396. The van der Waals surface area contributed by atoms with Crippen molar-refractivity contribution >= 4 is 22.5 Å². The molecule has 0 bridgehead atoms. The average Bonchev–Trinajstić information content (AvgIpc) is 2.34. The second kappa shape index (κ2) is 5.26. The molecule has 2 aromatic rings. The molecule has 0 atom stereocenters. The number of nitrogens with zero attached hydrogens (tertiary/aromatic N) is 1. The largest absolute Gasteiger partial charge is 0.360 e. The molecular weight excluding hydrogens is 238 g/mol. The van der Waals surface area contributed by atoms with Crippen molar-refractivity contribution in [3.63, 3.8) is 0 Å². The molecule has 0 aliphatic heterocycles. The van der Waals surface area contributed by atoms with E-state index >= 15 is 0 Å². The first-order valence-corrected chi connectivity index (χ1v) is 6.34. The summed E-state index contributed by atoms with van der Waals surface area (Å²) >= 11 is 0. The third kappa shape index (κ3) is 3.68. The van der Waals surface area contributed by atoms with E-state index in [1.54, 1.807) is 6.20 Å². The topological polar surface area (TPSA) is 54.0 Å². The second-order valence-electron chi connectivity index (χ2n) is 5.53. The van der Waals surface area contributed by atoms with Gasteiger partial charge in [-0.25, -0.2) is 4.98 Å². The number of aromatic nitrogens is 1. The summed E-state index contributed by atoms with van der Waals surface area (Å²) in [6, 6.07) is 9.92. The van der Waals surface area contributed by atoms with Gasteiger partial charge in [0.05, 0.1) is 6.54 Å². The highest BCUT2D eigenvalue weighted by atomic mass is 16.2. The zero-order chi connectivity index (χ0) is 13.9. The van der Waals surface area contributed by atoms with Crippen LogP contribution in [-0.4, -0.2) is 23.0 Å². The summed E-state index contributed by atoms with van der Waals surface area (Å²) in [5.41, 5.74) is -0.217. The Morgan fingerprint density at radius 3 is 2.68 bits per heavy atom. The van der Waals surface area contributed by atoms with Crippen LogP contribution in [-0.2, 0) is 4.79 Å². The lowest BCUT2D eigenvalue weighted by Gasteiger charge is -2.20. The molecule has 4 nitrogen and oxygen atoms in total. The summed E-state index contributed by atoms with van der Waals surface area (Å²) in [7, 11) is 0. The maximum Gasteiger partial charge on any atom is 0.239 e. The Labute approximate surface area is 113 Å². The SMILES string of the molecule is CC(C)(C)NC(=O)CNc1nccc2ccccc12. The third-order valence-corrected chi connectivity index (χ3v) is 2.60. The predicted molar refractivity (Wildman–Crippen MR) is 78.1 cm³/mol. The number of benzene rings is 1. The summed E-state index contributed by atoms with van der Waals surface area (Å²) in [4.78, 5) is 16.1. The molecule has 1 aromatic heterocycles. The zero-order valence-corrected chi connectivity index (χ0v) is 11.5. The number of rotatable bonds is 3. The number of amides is 1. The van der Waals surface area contributed by atoms with Crippen LogP contribution in [0.25, 0.3) is 10.8 Å². The van der Waals surface area contributed by atoms with Gasteiger partial charge in [0.2, 0.25) is 5.91 Å². The fourth-order valence-corrected chi connectivity index (χ4v) is 1.89. The van der Waals surface area contributed by atoms with Crippen molar-refractivity contribution in [1.29, 1.82) is 0 Å². The van der Waals surface area contributed by atoms with E-state index in [1.165, 1.54) is 0 Å². The number of pyridine rings is 1. The summed E-state index contributed by atoms with van der Waals surface area (Å²) in [6.07, 6.45) is 1.74. The molecule has 1 amide bonds. The second-order valence-corrected chi connectivity index (χ2v) is 5.53. The summed E-state index contributed by atoms with van der Waals surface area (Å²) < 4.78 is 0. The zero-order valence-electron chi connectivity index (χ0n) is 11.5. The lowest BCUT2D eigenvalue weighted by molar-refractivity contribution is -0.120. The molecule has 19 heavy (non-hydrogen) atoms. The summed E-state index contributed by atoms with van der Waals surface area (Å²) in [6.45, 7) is 6.10. The number of carbonyl (C=O) groups excluding carboxylic acids is 1. The Balaban J connectivity index is 2.08. The standard InChI is InChI=1S/C15H19N3O/c1-15(2,3)18-13(19)10-17-14-12-7-5-4-6-11(12)8-9-16-14/h4-9H,10H2,1-3H3,(H,16,17)(H,18,19). The average molecular weight is 257 g/mol. The minimum atomic E-state index is -0.217. The number of fused-ring (bicyclic) bond motifs is 1. The molecule has 0 saturated heterocycles. The van der Waals surface area contributed by atoms with E-state index in [-0.39, 0.29) is 18.0 Å². The maximum atomic E-state index is 11.8. The third-order valence-electron chi connectivity index (χ3n) is 2.60. The van der Waals surface area contributed by atoms with Gasteiger partial charge in [-0.15, -0.1) is 0 Å². The van der Waals surface area contributed by atoms with Crippen LogP contribution >= 0.6 is 0 Å². The van der Waals surface area contributed by atoms with Crippen LogP contribution in [0.2, 0.25) is 0 Å². The van der Waals surface area contributed by atoms with Crippen molar-refractivity contribution in [2.45, 2.75) is 26.3 Å². The number of nitrogens with one attached hydrogen (secondary N) is 2. The Morgan fingerprint density at radius 1 is 1.21 bits per heavy atom. The van der Waals surface area contributed by atoms with Gasteiger partial charge < -0.3 is 10.6 Å². The van der Waals surface area contributed by atoms with Gasteiger partial charge >= 0.3 is 0 Å². The van der Waals surface area contributed by atoms with Gasteiger partial charge in [-0.3, -0.25) is 4.79 Å². The van der Waals surface area contributed by atoms with Gasteiger partial charge in [-0.05, 0) is 32.2 Å². The van der Waals surface area contributed by atoms with Crippen LogP contribution in [0.1, 0.15) is 20.8 Å². The molecule has 0 aliphatic rings. The molecule has 0 fully saturated rings. The fourth-order valence-electron chi connectivity index (χ4n) is 1.89. The first-order chi connectivity index (χ1) is 8.96. The van der Waals surface area contributed by atoms with Crippen molar-refractivity contribution in [3.8, 4) is 0 Å². The van der Waals surface area contributed by atoms with Crippen molar-refractivity contribution in [2.24, 2.45) is 0 Å². The van der Waals surface area contributed by atoms with Crippen LogP contribution in [0, 0.1) is 0 Å². The quantitative estimate of drug-likeness (QED) is 0.888. The smallest absolute Gasteiger partial charge is 0.239 e. The molecule has 1 aromatic carbocycles. The first-order valence-electron chi connectivity index (χ1n) is 6.34. The Morgan fingerprint density at radius 2 is 1.95 bits per heavy atom. The van der Waals surface area contributed by atoms with Crippen molar-refractivity contribution in [3.05, 3.63) is 36.5 Å². The highest BCUT2D eigenvalue weighted by molar-refractivity contribution is 5.93. The van der Waals surface area contributed by atoms with Crippen molar-refractivity contribution < 1.29 is 4.79 Å². The van der Waals surface area contributed by atoms with E-state index in [9.17, 15) is 4.79 Å². The molecule has 1 heterocycles. The lowest BCUT2D eigenvalue weighted by Crippen LogP contribution is -2.43. The van der Waals surface area contributed by atoms with Crippen LogP contribution < -0.4 is 10.6 Å². The van der Waals surface area contributed by atoms with Crippen molar-refractivity contribution in [2.75, 3.05) is 11.9 Å². The van der Waals surface area contributed by atoms with Crippen LogP contribution in [0.15, 0.2) is 36.5 Å². The normalized spacial score (nSPS) is 11.3. The van der Waals surface area contributed by atoms with Crippen molar-refractivity contribution in [1.82, 2.24) is 10.3 Å². The van der Waals surface area contributed by atoms with E-state index in [1.807, 2.05) is 51.1 Å². The summed E-state index contributed by atoms with van der Waals surface area (Å²) in [5.74, 6) is 0.699. The highest BCUT2D eigenvalue weighted by Gasteiger charge is 2.13. The molecule has 0 aliphatic carbocycles. The number of anilines is 1. The minimum Gasteiger partial charge on any atom is -0.360 e. The Hall–Kier alpha value is -2.10. The maximum absolute atomic E-state index is 11.8. The Kier molecular flexibility index (Phi) is 3.69. The number of hydrogen-bond donors (Lipinski definition) is 2. The van der Waals surface area contributed by atoms with E-state index in [2.05, 4.69) is 15.6 Å². The lowest BCUT2D eigenvalue weighted by atomic mass is 10.1. The van der Waals surface area contributed by atoms with Gasteiger partial charge in [-0.1, -0.05) is 24.3 Å². The molecule has 2 rings (SSSR count). The van der Waals surface area contributed by atoms with E-state index in [0.717, 1.165) is 16.6 Å². The Bertz CT molecular complexity index is 582. The molecule has 0 unspecified atom stereocenters. The van der Waals surface area contributed by atoms with Crippen LogP contribution in [0.3, 0.4) is 0 Å². The van der Waals surface area contributed by atoms with E-state index in [4.69, 9.17) is 0 Å². The first kappa shape index (κ1) is 13.3. The molecular formula is C15H19N3O.